The highest BCUT2D eigenvalue weighted by Crippen LogP contribution is 2.35. The molecule has 0 saturated carbocycles. The molecular weight excluding hydrogens is 423 g/mol. The largest absolute Gasteiger partial charge is 0.408 e. The predicted molar refractivity (Wildman–Crippen MR) is 106 cm³/mol. The third-order valence-electron chi connectivity index (χ3n) is 5.38. The van der Waals surface area contributed by atoms with Gasteiger partial charge in [0.25, 0.3) is 5.56 Å². The smallest absolute Gasteiger partial charge is 0.377 e. The highest BCUT2D eigenvalue weighted by molar-refractivity contribution is 6.30. The second kappa shape index (κ2) is 8.07. The van der Waals surface area contributed by atoms with Crippen LogP contribution in [0.25, 0.3) is 0 Å². The highest BCUT2D eigenvalue weighted by atomic mass is 35.5. The monoisotopic (exact) mass is 443 g/mol. The van der Waals surface area contributed by atoms with Crippen LogP contribution in [0, 0.1) is 0 Å². The maximum absolute atomic E-state index is 13.9. The van der Waals surface area contributed by atoms with Crippen molar-refractivity contribution < 1.29 is 17.9 Å². The first-order chi connectivity index (χ1) is 14.2. The Balaban J connectivity index is 1.79. The number of hydrogen-bond donors (Lipinski definition) is 0. The summed E-state index contributed by atoms with van der Waals surface area (Å²) in [6, 6.07) is 2.63. The second-order valence-corrected chi connectivity index (χ2v) is 7.90. The van der Waals surface area contributed by atoms with Crippen molar-refractivity contribution in [3.05, 3.63) is 45.5 Å². The number of ether oxygens (including phenoxy) is 1. The molecule has 0 aromatic carbocycles. The summed E-state index contributed by atoms with van der Waals surface area (Å²) in [5.74, 6) is 0.348. The van der Waals surface area contributed by atoms with Crippen molar-refractivity contribution in [2.24, 2.45) is 0 Å². The van der Waals surface area contributed by atoms with Crippen molar-refractivity contribution in [1.29, 1.82) is 0 Å². The lowest BCUT2D eigenvalue weighted by Crippen LogP contribution is -2.52. The quantitative estimate of drug-likeness (QED) is 0.727. The Bertz CT molecular complexity index is 983. The molecular formula is C19H21ClF3N5O2. The van der Waals surface area contributed by atoms with E-state index in [-0.39, 0.29) is 37.1 Å². The first-order valence-corrected chi connectivity index (χ1v) is 10.0. The van der Waals surface area contributed by atoms with Gasteiger partial charge in [-0.05, 0) is 25.5 Å². The molecule has 2 aliphatic rings. The average Bonchev–Trinajstić information content (AvgIpc) is 2.68. The van der Waals surface area contributed by atoms with E-state index in [2.05, 4.69) is 9.97 Å². The van der Waals surface area contributed by atoms with Gasteiger partial charge in [0.05, 0.1) is 31.5 Å². The number of rotatable bonds is 3. The van der Waals surface area contributed by atoms with Gasteiger partial charge in [-0.2, -0.15) is 18.2 Å². The third-order valence-corrected chi connectivity index (χ3v) is 5.62. The van der Waals surface area contributed by atoms with Crippen LogP contribution >= 0.6 is 11.6 Å². The van der Waals surface area contributed by atoms with Gasteiger partial charge in [-0.1, -0.05) is 11.6 Å². The standard InChI is InChI=1S/C19H21ClF3N5O2/c1-12-11-30-7-6-26(12)16-9-17(29)27-5-3-15(19(21,22)23)28(18(27)25-16)10-14-8-13(20)2-4-24-14/h2,4,8-9,12,15H,3,5-7,10-11H2,1H3/t12-,15?/m1/s1. The summed E-state index contributed by atoms with van der Waals surface area (Å²) < 4.78 is 48.3. The summed E-state index contributed by atoms with van der Waals surface area (Å²) >= 11 is 5.99. The summed E-state index contributed by atoms with van der Waals surface area (Å²) in [6.45, 7) is 3.13. The molecule has 2 aromatic heterocycles. The summed E-state index contributed by atoms with van der Waals surface area (Å²) in [5.41, 5.74) is -0.0111. The van der Waals surface area contributed by atoms with E-state index in [4.69, 9.17) is 16.3 Å². The number of nitrogens with zero attached hydrogens (tertiary/aromatic N) is 5. The molecule has 1 fully saturated rings. The van der Waals surface area contributed by atoms with Gasteiger partial charge in [0, 0.05) is 30.4 Å². The Morgan fingerprint density at radius 1 is 1.30 bits per heavy atom. The lowest BCUT2D eigenvalue weighted by atomic mass is 10.1. The van der Waals surface area contributed by atoms with Crippen molar-refractivity contribution in [2.75, 3.05) is 29.6 Å². The number of aromatic nitrogens is 3. The lowest BCUT2D eigenvalue weighted by molar-refractivity contribution is -0.153. The first-order valence-electron chi connectivity index (χ1n) is 9.64. The van der Waals surface area contributed by atoms with Crippen LogP contribution in [0.2, 0.25) is 5.02 Å². The van der Waals surface area contributed by atoms with E-state index in [0.29, 0.717) is 36.3 Å². The van der Waals surface area contributed by atoms with Gasteiger partial charge < -0.3 is 14.5 Å². The SMILES string of the molecule is C[C@@H]1COCCN1c1cc(=O)n2c(n1)N(Cc1cc(Cl)ccn1)C(C(F)(F)F)CC2. The molecule has 7 nitrogen and oxygen atoms in total. The molecule has 0 aliphatic carbocycles. The summed E-state index contributed by atoms with van der Waals surface area (Å²) in [4.78, 5) is 24.4. The van der Waals surface area contributed by atoms with E-state index in [1.807, 2.05) is 11.8 Å². The molecule has 0 spiro atoms. The minimum atomic E-state index is -4.48. The van der Waals surface area contributed by atoms with Crippen LogP contribution in [0.4, 0.5) is 24.9 Å². The van der Waals surface area contributed by atoms with Crippen molar-refractivity contribution in [1.82, 2.24) is 14.5 Å². The van der Waals surface area contributed by atoms with E-state index >= 15 is 0 Å². The van der Waals surface area contributed by atoms with Gasteiger partial charge in [0.1, 0.15) is 11.9 Å². The fraction of sp³-hybridized carbons (Fsp3) is 0.526. The Morgan fingerprint density at radius 3 is 2.80 bits per heavy atom. The first kappa shape index (κ1) is 20.9. The highest BCUT2D eigenvalue weighted by Gasteiger charge is 2.47. The summed E-state index contributed by atoms with van der Waals surface area (Å²) in [7, 11) is 0. The maximum atomic E-state index is 13.9. The van der Waals surface area contributed by atoms with Crippen LogP contribution in [0.3, 0.4) is 0 Å². The predicted octanol–water partition coefficient (Wildman–Crippen LogP) is 2.86. The molecule has 0 bridgehead atoms. The average molecular weight is 444 g/mol. The molecule has 1 saturated heterocycles. The van der Waals surface area contributed by atoms with E-state index < -0.39 is 12.2 Å². The van der Waals surface area contributed by atoms with E-state index in [0.717, 1.165) is 4.90 Å². The number of alkyl halides is 3. The van der Waals surface area contributed by atoms with E-state index in [9.17, 15) is 18.0 Å². The maximum Gasteiger partial charge on any atom is 0.408 e. The van der Waals surface area contributed by atoms with Gasteiger partial charge in [-0.15, -0.1) is 0 Å². The van der Waals surface area contributed by atoms with Crippen LogP contribution in [0.1, 0.15) is 19.0 Å². The number of halogens is 4. The van der Waals surface area contributed by atoms with Crippen molar-refractivity contribution >= 4 is 23.4 Å². The minimum Gasteiger partial charge on any atom is -0.377 e. The number of pyridine rings is 1. The normalized spacial score (nSPS) is 22.2. The molecule has 0 amide bonds. The number of fused-ring (bicyclic) bond motifs is 1. The Morgan fingerprint density at radius 2 is 2.10 bits per heavy atom. The molecule has 0 N–H and O–H groups in total. The Hall–Kier alpha value is -2.33. The summed E-state index contributed by atoms with van der Waals surface area (Å²) in [6.07, 6.45) is -3.29. The van der Waals surface area contributed by atoms with Gasteiger partial charge in [0.15, 0.2) is 0 Å². The fourth-order valence-electron chi connectivity index (χ4n) is 3.90. The van der Waals surface area contributed by atoms with Crippen LogP contribution in [-0.4, -0.2) is 52.6 Å². The van der Waals surface area contributed by atoms with Gasteiger partial charge in [-0.3, -0.25) is 14.3 Å². The molecule has 4 rings (SSSR count). The summed E-state index contributed by atoms with van der Waals surface area (Å²) in [5, 5.41) is 0.377. The molecule has 2 aliphatic heterocycles. The van der Waals surface area contributed by atoms with Crippen molar-refractivity contribution in [2.45, 2.75) is 44.7 Å². The Kier molecular flexibility index (Phi) is 5.63. The molecule has 11 heteroatoms. The van der Waals surface area contributed by atoms with Gasteiger partial charge in [0.2, 0.25) is 5.95 Å². The second-order valence-electron chi connectivity index (χ2n) is 7.46. The van der Waals surface area contributed by atoms with E-state index in [1.165, 1.54) is 22.9 Å². The van der Waals surface area contributed by atoms with Crippen molar-refractivity contribution in [3.8, 4) is 0 Å². The molecule has 1 unspecified atom stereocenters. The van der Waals surface area contributed by atoms with Crippen LogP contribution in [-0.2, 0) is 17.8 Å². The molecule has 2 aromatic rings. The van der Waals surface area contributed by atoms with Crippen molar-refractivity contribution in [3.63, 3.8) is 0 Å². The molecule has 162 valence electrons. The molecule has 2 atom stereocenters. The van der Waals surface area contributed by atoms with Crippen LogP contribution in [0.15, 0.2) is 29.2 Å². The molecule has 4 heterocycles. The lowest BCUT2D eigenvalue weighted by Gasteiger charge is -2.40. The van der Waals surface area contributed by atoms with Crippen LogP contribution in [0.5, 0.6) is 0 Å². The zero-order valence-corrected chi connectivity index (χ0v) is 17.0. The number of morpholine rings is 1. The van der Waals surface area contributed by atoms with Crippen LogP contribution < -0.4 is 15.4 Å². The number of hydrogen-bond acceptors (Lipinski definition) is 6. The minimum absolute atomic E-state index is 0.00783. The number of anilines is 2. The topological polar surface area (TPSA) is 63.5 Å². The Labute approximate surface area is 176 Å². The van der Waals surface area contributed by atoms with Gasteiger partial charge in [-0.25, -0.2) is 0 Å². The zero-order valence-electron chi connectivity index (χ0n) is 16.3. The fourth-order valence-corrected chi connectivity index (χ4v) is 4.09. The third kappa shape index (κ3) is 4.11. The molecule has 30 heavy (non-hydrogen) atoms. The van der Waals surface area contributed by atoms with Gasteiger partial charge >= 0.3 is 6.18 Å². The zero-order chi connectivity index (χ0) is 21.5. The van der Waals surface area contributed by atoms with E-state index in [1.54, 1.807) is 6.07 Å². The molecule has 0 radical (unpaired) electrons.